The van der Waals surface area contributed by atoms with E-state index >= 15 is 0 Å². The van der Waals surface area contributed by atoms with Crippen LogP contribution < -0.4 is 21.1 Å². The van der Waals surface area contributed by atoms with Crippen LogP contribution in [-0.4, -0.2) is 49.5 Å². The number of carbonyl (C=O) groups excluding carboxylic acids is 3. The van der Waals surface area contributed by atoms with Gasteiger partial charge in [-0.3, -0.25) is 38.8 Å². The van der Waals surface area contributed by atoms with E-state index in [9.17, 15) is 19.2 Å². The molecule has 3 aromatic carbocycles. The van der Waals surface area contributed by atoms with Gasteiger partial charge in [-0.1, -0.05) is 50.0 Å². The van der Waals surface area contributed by atoms with Gasteiger partial charge in [0, 0.05) is 55.8 Å². The van der Waals surface area contributed by atoms with Crippen LogP contribution in [0.15, 0.2) is 83.9 Å². The van der Waals surface area contributed by atoms with E-state index in [4.69, 9.17) is 9.72 Å². The number of hydrogen-bond donors (Lipinski definition) is 2. The second kappa shape index (κ2) is 14.2. The van der Waals surface area contributed by atoms with Crippen LogP contribution in [0.4, 0.5) is 0 Å². The van der Waals surface area contributed by atoms with Crippen molar-refractivity contribution in [3.63, 3.8) is 0 Å². The highest BCUT2D eigenvalue weighted by Gasteiger charge is 2.28. The number of piperidine rings is 1. The maximum absolute atomic E-state index is 12.9. The second-order valence-corrected chi connectivity index (χ2v) is 13.5. The molecule has 266 valence electrons. The fourth-order valence-electron chi connectivity index (χ4n) is 6.66. The Morgan fingerprint density at radius 1 is 0.981 bits per heavy atom. The molecule has 1 aliphatic heterocycles. The summed E-state index contributed by atoms with van der Waals surface area (Å²) in [5.41, 5.74) is 8.31. The van der Waals surface area contributed by atoms with Gasteiger partial charge in [-0.15, -0.1) is 0 Å². The third kappa shape index (κ3) is 6.91. The maximum atomic E-state index is 12.9. The Kier molecular flexibility index (Phi) is 9.37. The standard InChI is InChI=1S/C42H38N6O5/c1-24(2)32-19-29(21-36-39(32)48(5)42(52)47(36)4)31-10-6-8-27-20-35(45-23-33(27)31)28-12-14-34(44-22-28)40(50)43-17-7-9-26-18-30(13-11-25(26)3)53-37-15-16-38(49)46-41(37)51/h6,8,10-14,18-24,37H,15-17H2,1-5H3,(H,43,50)(H,46,49,51). The number of ether oxygens (including phenoxy) is 1. The summed E-state index contributed by atoms with van der Waals surface area (Å²) < 4.78 is 9.22. The van der Waals surface area contributed by atoms with E-state index in [0.717, 1.165) is 55.3 Å². The Labute approximate surface area is 306 Å². The molecule has 3 amide bonds. The molecule has 0 bridgehead atoms. The van der Waals surface area contributed by atoms with Crippen molar-refractivity contribution in [2.45, 2.75) is 45.6 Å². The summed E-state index contributed by atoms with van der Waals surface area (Å²) in [7, 11) is 3.62. The van der Waals surface area contributed by atoms with Gasteiger partial charge in [-0.2, -0.15) is 0 Å². The van der Waals surface area contributed by atoms with Crippen LogP contribution in [0.3, 0.4) is 0 Å². The minimum atomic E-state index is -0.738. The van der Waals surface area contributed by atoms with Gasteiger partial charge in [0.15, 0.2) is 6.10 Å². The van der Waals surface area contributed by atoms with Crippen LogP contribution in [0.5, 0.6) is 5.75 Å². The number of pyridine rings is 2. The first-order chi connectivity index (χ1) is 25.5. The Balaban J connectivity index is 1.04. The predicted molar refractivity (Wildman–Crippen MR) is 203 cm³/mol. The lowest BCUT2D eigenvalue weighted by molar-refractivity contribution is -0.138. The zero-order valence-corrected chi connectivity index (χ0v) is 30.1. The SMILES string of the molecule is Cc1ccc(OC2CCC(=O)NC2=O)cc1C#CCNC(=O)c1ccc(-c2cc3cccc(-c4cc(C(C)C)c5c(c4)n(C)c(=O)n5C)c3cn2)cn1. The van der Waals surface area contributed by atoms with Gasteiger partial charge in [0.05, 0.1) is 23.3 Å². The Morgan fingerprint density at radius 3 is 2.57 bits per heavy atom. The average Bonchev–Trinajstić information content (AvgIpc) is 3.37. The predicted octanol–water partition coefficient (Wildman–Crippen LogP) is 5.55. The van der Waals surface area contributed by atoms with E-state index in [2.05, 4.69) is 59.5 Å². The summed E-state index contributed by atoms with van der Waals surface area (Å²) in [5.74, 6) is 5.61. The molecule has 1 unspecified atom stereocenters. The molecular formula is C42H38N6O5. The van der Waals surface area contributed by atoms with Gasteiger partial charge in [0.2, 0.25) is 5.91 Å². The molecule has 53 heavy (non-hydrogen) atoms. The monoisotopic (exact) mass is 706 g/mol. The normalized spacial score (nSPS) is 14.3. The summed E-state index contributed by atoms with van der Waals surface area (Å²) >= 11 is 0. The molecule has 0 aliphatic carbocycles. The minimum absolute atomic E-state index is 0.0526. The zero-order chi connectivity index (χ0) is 37.4. The lowest BCUT2D eigenvalue weighted by Crippen LogP contribution is -2.46. The first kappa shape index (κ1) is 34.9. The highest BCUT2D eigenvalue weighted by atomic mass is 16.5. The van der Waals surface area contributed by atoms with Gasteiger partial charge < -0.3 is 10.1 Å². The number of amides is 3. The van der Waals surface area contributed by atoms with Gasteiger partial charge in [-0.25, -0.2) is 4.79 Å². The first-order valence-corrected chi connectivity index (χ1v) is 17.4. The molecule has 1 aliphatic rings. The quantitative estimate of drug-likeness (QED) is 0.164. The molecule has 2 N–H and O–H groups in total. The van der Waals surface area contributed by atoms with Crippen LogP contribution in [0.1, 0.15) is 59.8 Å². The van der Waals surface area contributed by atoms with Gasteiger partial charge >= 0.3 is 5.69 Å². The number of nitrogens with zero attached hydrogens (tertiary/aromatic N) is 4. The molecular weight excluding hydrogens is 668 g/mol. The lowest BCUT2D eigenvalue weighted by Gasteiger charge is -2.22. The van der Waals surface area contributed by atoms with Crippen molar-refractivity contribution in [1.82, 2.24) is 29.7 Å². The summed E-state index contributed by atoms with van der Waals surface area (Å²) in [6, 6.07) is 21.2. The van der Waals surface area contributed by atoms with Crippen molar-refractivity contribution in [1.29, 1.82) is 0 Å². The van der Waals surface area contributed by atoms with Crippen molar-refractivity contribution < 1.29 is 19.1 Å². The van der Waals surface area contributed by atoms with Crippen LogP contribution in [-0.2, 0) is 23.7 Å². The Bertz CT molecular complexity index is 2570. The molecule has 4 heterocycles. The van der Waals surface area contributed by atoms with E-state index in [-0.39, 0.29) is 42.1 Å². The molecule has 0 saturated carbocycles. The number of carbonyl (C=O) groups is 3. The minimum Gasteiger partial charge on any atom is -0.481 e. The number of rotatable bonds is 7. The van der Waals surface area contributed by atoms with E-state index in [1.165, 1.54) is 0 Å². The van der Waals surface area contributed by atoms with Crippen LogP contribution in [0.25, 0.3) is 44.2 Å². The number of hydrogen-bond acceptors (Lipinski definition) is 7. The second-order valence-electron chi connectivity index (χ2n) is 13.5. The fraction of sp³-hybridized carbons (Fsp3) is 0.238. The van der Waals surface area contributed by atoms with Crippen LogP contribution in [0.2, 0.25) is 0 Å². The third-order valence-electron chi connectivity index (χ3n) is 9.62. The van der Waals surface area contributed by atoms with Crippen molar-refractivity contribution in [2.75, 3.05) is 6.54 Å². The smallest absolute Gasteiger partial charge is 0.328 e. The lowest BCUT2D eigenvalue weighted by atomic mass is 9.93. The number of fused-ring (bicyclic) bond motifs is 2. The molecule has 1 fully saturated rings. The topological polar surface area (TPSA) is 137 Å². The summed E-state index contributed by atoms with van der Waals surface area (Å²) in [6.07, 6.45) is 3.30. The average molecular weight is 707 g/mol. The highest BCUT2D eigenvalue weighted by molar-refractivity contribution is 6.01. The molecule has 11 heteroatoms. The molecule has 0 radical (unpaired) electrons. The largest absolute Gasteiger partial charge is 0.481 e. The molecule has 3 aromatic heterocycles. The van der Waals surface area contributed by atoms with Crippen molar-refractivity contribution >= 4 is 39.5 Å². The van der Waals surface area contributed by atoms with Crippen LogP contribution >= 0.6 is 0 Å². The first-order valence-electron chi connectivity index (χ1n) is 17.4. The Morgan fingerprint density at radius 2 is 1.81 bits per heavy atom. The molecule has 11 nitrogen and oxygen atoms in total. The maximum Gasteiger partial charge on any atom is 0.328 e. The summed E-state index contributed by atoms with van der Waals surface area (Å²) in [6.45, 7) is 6.28. The van der Waals surface area contributed by atoms with Gasteiger partial charge in [0.1, 0.15) is 11.4 Å². The van der Waals surface area contributed by atoms with E-state index in [0.29, 0.717) is 17.7 Å². The number of aryl methyl sites for hydroxylation is 3. The molecule has 7 rings (SSSR count). The highest BCUT2D eigenvalue weighted by Crippen LogP contribution is 2.35. The molecule has 6 aromatic rings. The Hall–Kier alpha value is -6.54. The fourth-order valence-corrected chi connectivity index (χ4v) is 6.66. The summed E-state index contributed by atoms with van der Waals surface area (Å²) in [4.78, 5) is 58.4. The zero-order valence-electron chi connectivity index (χ0n) is 30.1. The molecule has 1 saturated heterocycles. The van der Waals surface area contributed by atoms with E-state index in [1.54, 1.807) is 40.6 Å². The summed E-state index contributed by atoms with van der Waals surface area (Å²) in [5, 5.41) is 7.07. The number of aromatic nitrogens is 4. The van der Waals surface area contributed by atoms with Crippen molar-refractivity contribution in [3.05, 3.63) is 112 Å². The number of benzene rings is 3. The third-order valence-corrected chi connectivity index (χ3v) is 9.62. The van der Waals surface area contributed by atoms with Crippen molar-refractivity contribution in [3.8, 4) is 40.0 Å². The number of imidazole rings is 1. The van der Waals surface area contributed by atoms with E-state index in [1.807, 2.05) is 50.5 Å². The van der Waals surface area contributed by atoms with Crippen LogP contribution in [0, 0.1) is 18.8 Å². The number of imide groups is 1. The number of nitrogens with one attached hydrogen (secondary N) is 2. The molecule has 1 atom stereocenters. The van der Waals surface area contributed by atoms with E-state index < -0.39 is 12.0 Å². The van der Waals surface area contributed by atoms with Gasteiger partial charge in [0.25, 0.3) is 11.8 Å². The van der Waals surface area contributed by atoms with Crippen molar-refractivity contribution in [2.24, 2.45) is 14.1 Å². The van der Waals surface area contributed by atoms with Gasteiger partial charge in [-0.05, 0) is 82.9 Å². The molecule has 0 spiro atoms.